The van der Waals surface area contributed by atoms with E-state index in [0.29, 0.717) is 0 Å². The Morgan fingerprint density at radius 3 is 2.67 bits per heavy atom. The first kappa shape index (κ1) is 13.1. The zero-order valence-corrected chi connectivity index (χ0v) is 10.2. The maximum absolute atomic E-state index is 12.6. The Morgan fingerprint density at radius 2 is 2.05 bits per heavy atom. The van der Waals surface area contributed by atoms with Crippen LogP contribution in [0, 0.1) is 0 Å². The average molecular weight is 296 g/mol. The summed E-state index contributed by atoms with van der Waals surface area (Å²) >= 11 is 0. The van der Waals surface area contributed by atoms with Crippen LogP contribution in [0.15, 0.2) is 29.0 Å². The van der Waals surface area contributed by atoms with Gasteiger partial charge in [0.05, 0.1) is 11.1 Å². The van der Waals surface area contributed by atoms with Crippen LogP contribution in [-0.2, 0) is 6.18 Å². The molecule has 3 aromatic rings. The molecule has 0 unspecified atom stereocenters. The average Bonchev–Trinajstić information content (AvgIpc) is 3.08. The van der Waals surface area contributed by atoms with Crippen molar-refractivity contribution in [2.45, 2.75) is 6.18 Å². The number of halogens is 3. The highest BCUT2D eigenvalue weighted by atomic mass is 19.4. The summed E-state index contributed by atoms with van der Waals surface area (Å²) in [7, 11) is 0. The first-order valence-electron chi connectivity index (χ1n) is 5.61. The molecule has 2 aromatic heterocycles. The van der Waals surface area contributed by atoms with E-state index in [1.165, 1.54) is 12.4 Å². The van der Waals surface area contributed by atoms with Crippen LogP contribution in [0.5, 0.6) is 0 Å². The number of nitrogens with zero attached hydrogens (tertiary/aromatic N) is 4. The standard InChI is InChI=1S/C11H7F3N6O/c12-11(13,14)5-1-2-6(7(15)3-5)10-18-9(20-21-10)8-16-4-17-19-8/h1-4H,15H2,(H,16,17,19). The Kier molecular flexibility index (Phi) is 2.85. The third-order valence-corrected chi connectivity index (χ3v) is 2.66. The Hall–Kier alpha value is -2.91. The molecule has 21 heavy (non-hydrogen) atoms. The number of hydrogen-bond donors (Lipinski definition) is 2. The van der Waals surface area contributed by atoms with Crippen molar-refractivity contribution < 1.29 is 17.7 Å². The Morgan fingerprint density at radius 1 is 1.24 bits per heavy atom. The third-order valence-electron chi connectivity index (χ3n) is 2.66. The molecular formula is C11H7F3N6O. The summed E-state index contributed by atoms with van der Waals surface area (Å²) in [6, 6.07) is 2.88. The molecule has 10 heteroatoms. The Balaban J connectivity index is 1.98. The molecule has 0 aliphatic carbocycles. The molecule has 3 rings (SSSR count). The summed E-state index contributed by atoms with van der Waals surface area (Å²) in [5, 5.41) is 9.81. The van der Waals surface area contributed by atoms with Gasteiger partial charge in [-0.05, 0) is 18.2 Å². The molecule has 0 atom stereocenters. The summed E-state index contributed by atoms with van der Waals surface area (Å²) in [5.41, 5.74) is 4.86. The van der Waals surface area contributed by atoms with Gasteiger partial charge in [0.1, 0.15) is 6.33 Å². The van der Waals surface area contributed by atoms with E-state index in [2.05, 4.69) is 25.3 Å². The van der Waals surface area contributed by atoms with Crippen LogP contribution in [0.4, 0.5) is 18.9 Å². The van der Waals surface area contributed by atoms with Gasteiger partial charge in [-0.25, -0.2) is 4.98 Å². The van der Waals surface area contributed by atoms with Gasteiger partial charge < -0.3 is 10.3 Å². The topological polar surface area (TPSA) is 107 Å². The number of nitrogen functional groups attached to an aromatic ring is 1. The number of anilines is 1. The van der Waals surface area contributed by atoms with E-state index in [0.717, 1.165) is 12.1 Å². The molecule has 0 saturated heterocycles. The molecular weight excluding hydrogens is 289 g/mol. The minimum absolute atomic E-state index is 0.00683. The number of nitrogens with one attached hydrogen (secondary N) is 1. The van der Waals surface area contributed by atoms with Crippen LogP contribution < -0.4 is 5.73 Å². The molecule has 0 amide bonds. The minimum Gasteiger partial charge on any atom is -0.398 e. The highest BCUT2D eigenvalue weighted by molar-refractivity contribution is 5.71. The Labute approximate surface area is 115 Å². The van der Waals surface area contributed by atoms with Gasteiger partial charge in [0, 0.05) is 5.69 Å². The van der Waals surface area contributed by atoms with E-state index in [1.54, 1.807) is 0 Å². The second-order valence-corrected chi connectivity index (χ2v) is 4.06. The predicted octanol–water partition coefficient (Wildman–Crippen LogP) is 2.12. The van der Waals surface area contributed by atoms with Gasteiger partial charge >= 0.3 is 6.18 Å². The maximum atomic E-state index is 12.6. The summed E-state index contributed by atoms with van der Waals surface area (Å²) < 4.78 is 42.7. The molecule has 0 spiro atoms. The van der Waals surface area contributed by atoms with Crippen LogP contribution in [0.25, 0.3) is 23.1 Å². The van der Waals surface area contributed by atoms with Gasteiger partial charge in [0.25, 0.3) is 5.89 Å². The lowest BCUT2D eigenvalue weighted by Gasteiger charge is -2.08. The normalized spacial score (nSPS) is 11.8. The SMILES string of the molecule is Nc1cc(C(F)(F)F)ccc1-c1nc(-c2ncn[nH]2)no1. The fourth-order valence-corrected chi connectivity index (χ4v) is 1.68. The molecule has 2 heterocycles. The highest BCUT2D eigenvalue weighted by Crippen LogP contribution is 2.34. The highest BCUT2D eigenvalue weighted by Gasteiger charge is 2.31. The van der Waals surface area contributed by atoms with E-state index in [4.69, 9.17) is 10.3 Å². The van der Waals surface area contributed by atoms with Crippen molar-refractivity contribution in [2.24, 2.45) is 0 Å². The fraction of sp³-hybridized carbons (Fsp3) is 0.0909. The summed E-state index contributed by atoms with van der Waals surface area (Å²) in [4.78, 5) is 7.83. The number of H-pyrrole nitrogens is 1. The predicted molar refractivity (Wildman–Crippen MR) is 64.5 cm³/mol. The third kappa shape index (κ3) is 2.42. The lowest BCUT2D eigenvalue weighted by molar-refractivity contribution is -0.137. The van der Waals surface area contributed by atoms with Gasteiger partial charge in [-0.15, -0.1) is 0 Å². The molecule has 0 aliphatic heterocycles. The number of rotatable bonds is 2. The monoisotopic (exact) mass is 296 g/mol. The first-order valence-corrected chi connectivity index (χ1v) is 5.61. The molecule has 7 nitrogen and oxygen atoms in total. The molecule has 108 valence electrons. The number of aromatic amines is 1. The largest absolute Gasteiger partial charge is 0.416 e. The van der Waals surface area contributed by atoms with E-state index in [1.807, 2.05) is 0 Å². The second kappa shape index (κ2) is 4.58. The van der Waals surface area contributed by atoms with Crippen LogP contribution in [-0.4, -0.2) is 25.3 Å². The quantitative estimate of drug-likeness (QED) is 0.701. The molecule has 1 aromatic carbocycles. The Bertz CT molecular complexity index is 765. The van der Waals surface area contributed by atoms with Crippen molar-refractivity contribution in [1.82, 2.24) is 25.3 Å². The van der Waals surface area contributed by atoms with Gasteiger partial charge in [0.15, 0.2) is 5.82 Å². The number of alkyl halides is 3. The molecule has 0 saturated carbocycles. The number of nitrogens with two attached hydrogens (primary N) is 1. The van der Waals surface area contributed by atoms with Gasteiger partial charge in [-0.2, -0.15) is 23.3 Å². The van der Waals surface area contributed by atoms with E-state index in [-0.39, 0.29) is 28.8 Å². The zero-order chi connectivity index (χ0) is 15.0. The van der Waals surface area contributed by atoms with Crippen molar-refractivity contribution >= 4 is 5.69 Å². The van der Waals surface area contributed by atoms with E-state index < -0.39 is 11.7 Å². The molecule has 0 bridgehead atoms. The first-order chi connectivity index (χ1) is 9.95. The van der Waals surface area contributed by atoms with Crippen molar-refractivity contribution in [2.75, 3.05) is 5.73 Å². The van der Waals surface area contributed by atoms with Crippen molar-refractivity contribution in [3.8, 4) is 23.1 Å². The number of aromatic nitrogens is 5. The summed E-state index contributed by atoms with van der Waals surface area (Å²) in [5.74, 6) is 0.393. The van der Waals surface area contributed by atoms with Crippen LogP contribution >= 0.6 is 0 Å². The number of hydrogen-bond acceptors (Lipinski definition) is 6. The van der Waals surface area contributed by atoms with E-state index >= 15 is 0 Å². The maximum Gasteiger partial charge on any atom is 0.416 e. The van der Waals surface area contributed by atoms with Gasteiger partial charge in [-0.1, -0.05) is 5.16 Å². The molecule has 3 N–H and O–H groups in total. The zero-order valence-electron chi connectivity index (χ0n) is 10.2. The van der Waals surface area contributed by atoms with Crippen LogP contribution in [0.2, 0.25) is 0 Å². The van der Waals surface area contributed by atoms with Crippen molar-refractivity contribution in [1.29, 1.82) is 0 Å². The van der Waals surface area contributed by atoms with Gasteiger partial charge in [0.2, 0.25) is 5.82 Å². The second-order valence-electron chi connectivity index (χ2n) is 4.06. The summed E-state index contributed by atoms with van der Waals surface area (Å²) in [6.45, 7) is 0. The van der Waals surface area contributed by atoms with Crippen LogP contribution in [0.1, 0.15) is 5.56 Å². The van der Waals surface area contributed by atoms with Crippen molar-refractivity contribution in [3.05, 3.63) is 30.1 Å². The minimum atomic E-state index is -4.47. The van der Waals surface area contributed by atoms with Crippen molar-refractivity contribution in [3.63, 3.8) is 0 Å². The molecule has 0 radical (unpaired) electrons. The molecule has 0 aliphatic rings. The summed E-state index contributed by atoms with van der Waals surface area (Å²) in [6.07, 6.45) is -3.20. The fourth-order valence-electron chi connectivity index (χ4n) is 1.68. The van der Waals surface area contributed by atoms with E-state index in [9.17, 15) is 13.2 Å². The lowest BCUT2D eigenvalue weighted by atomic mass is 10.1. The smallest absolute Gasteiger partial charge is 0.398 e. The molecule has 0 fully saturated rings. The lowest BCUT2D eigenvalue weighted by Crippen LogP contribution is -2.06. The van der Waals surface area contributed by atoms with Crippen LogP contribution in [0.3, 0.4) is 0 Å². The number of benzene rings is 1. The van der Waals surface area contributed by atoms with Gasteiger partial charge in [-0.3, -0.25) is 5.10 Å².